The van der Waals surface area contributed by atoms with Gasteiger partial charge in [-0.1, -0.05) is 50.2 Å². The summed E-state index contributed by atoms with van der Waals surface area (Å²) in [7, 11) is 3.53. The molecule has 3 heterocycles. The monoisotopic (exact) mass is 521 g/mol. The summed E-state index contributed by atoms with van der Waals surface area (Å²) in [6.45, 7) is 11.7. The van der Waals surface area contributed by atoms with Gasteiger partial charge in [0, 0.05) is 61.1 Å². The van der Waals surface area contributed by atoms with Gasteiger partial charge in [-0.05, 0) is 44.0 Å². The first kappa shape index (κ1) is 27.9. The molecule has 1 aromatic carbocycles. The Morgan fingerprint density at radius 3 is 2.50 bits per heavy atom. The van der Waals surface area contributed by atoms with Crippen LogP contribution < -0.4 is 5.32 Å². The maximum atomic E-state index is 12.5. The molecular formula is C29H39N5O4. The minimum Gasteiger partial charge on any atom is -0.380 e. The Balaban J connectivity index is 1.65. The summed E-state index contributed by atoms with van der Waals surface area (Å²) in [6.07, 6.45) is 3.74. The zero-order valence-corrected chi connectivity index (χ0v) is 23.4. The SMILES string of the molecule is COCC(=O)NC(C)(C)Cc1nc(-c2cncc(C(O)(c3ccc(C(C)C)cc3)C3(C)CN(C)C3)c2)no1. The third-order valence-corrected chi connectivity index (χ3v) is 7.34. The van der Waals surface area contributed by atoms with Gasteiger partial charge in [-0.3, -0.25) is 9.78 Å². The average molecular weight is 522 g/mol. The second-order valence-electron chi connectivity index (χ2n) is 11.7. The standard InChI is InChI=1S/C29H39N5O4/c1-19(2)20-8-10-22(11-9-20)29(36,28(5)17-34(6)18-28)23-12-21(14-30-15-23)26-31-25(38-33-26)13-27(3,4)32-24(35)16-37-7/h8-12,14-15,19,36H,13,16-18H2,1-7H3,(H,32,35). The fourth-order valence-electron chi connectivity index (χ4n) is 5.52. The number of hydrogen-bond acceptors (Lipinski definition) is 8. The van der Waals surface area contributed by atoms with Crippen LogP contribution in [0.2, 0.25) is 0 Å². The number of pyridine rings is 1. The Morgan fingerprint density at radius 2 is 1.89 bits per heavy atom. The number of carbonyl (C=O) groups excluding carboxylic acids is 1. The number of methoxy groups -OCH3 is 1. The summed E-state index contributed by atoms with van der Waals surface area (Å²) in [5.74, 6) is 0.949. The minimum atomic E-state index is -1.27. The fourth-order valence-corrected chi connectivity index (χ4v) is 5.52. The number of aromatic nitrogens is 3. The van der Waals surface area contributed by atoms with Crippen molar-refractivity contribution in [1.29, 1.82) is 0 Å². The van der Waals surface area contributed by atoms with Gasteiger partial charge in [-0.25, -0.2) is 0 Å². The molecule has 9 nitrogen and oxygen atoms in total. The number of aliphatic hydroxyl groups is 1. The van der Waals surface area contributed by atoms with Gasteiger partial charge in [-0.2, -0.15) is 4.98 Å². The molecule has 0 radical (unpaired) electrons. The first-order valence-electron chi connectivity index (χ1n) is 13.0. The lowest BCUT2D eigenvalue weighted by Crippen LogP contribution is -2.63. The second-order valence-corrected chi connectivity index (χ2v) is 11.7. The summed E-state index contributed by atoms with van der Waals surface area (Å²) < 4.78 is 10.4. The lowest BCUT2D eigenvalue weighted by molar-refractivity contribution is -0.127. The second kappa shape index (κ2) is 10.6. The predicted octanol–water partition coefficient (Wildman–Crippen LogP) is 3.53. The van der Waals surface area contributed by atoms with E-state index >= 15 is 0 Å². The number of likely N-dealkylation sites (tertiary alicyclic amines) is 1. The van der Waals surface area contributed by atoms with Crippen LogP contribution in [-0.4, -0.2) is 70.4 Å². The molecule has 1 unspecified atom stereocenters. The van der Waals surface area contributed by atoms with Crippen molar-refractivity contribution in [3.8, 4) is 11.4 Å². The van der Waals surface area contributed by atoms with Crippen LogP contribution in [-0.2, 0) is 21.6 Å². The minimum absolute atomic E-state index is 0.0191. The van der Waals surface area contributed by atoms with E-state index in [1.807, 2.05) is 32.0 Å². The number of benzene rings is 1. The zero-order valence-electron chi connectivity index (χ0n) is 23.4. The van der Waals surface area contributed by atoms with Gasteiger partial charge >= 0.3 is 0 Å². The molecule has 4 rings (SSSR count). The normalized spacial score (nSPS) is 17.2. The molecular weight excluding hydrogens is 482 g/mol. The molecule has 0 spiro atoms. The van der Waals surface area contributed by atoms with E-state index < -0.39 is 16.6 Å². The third-order valence-electron chi connectivity index (χ3n) is 7.34. The van der Waals surface area contributed by atoms with Gasteiger partial charge in [0.15, 0.2) is 0 Å². The smallest absolute Gasteiger partial charge is 0.246 e. The highest BCUT2D eigenvalue weighted by atomic mass is 16.5. The van der Waals surface area contributed by atoms with Crippen molar-refractivity contribution in [2.45, 2.75) is 58.1 Å². The van der Waals surface area contributed by atoms with E-state index in [2.05, 4.69) is 65.3 Å². The van der Waals surface area contributed by atoms with Crippen LogP contribution in [0.25, 0.3) is 11.4 Å². The number of rotatable bonds is 10. The van der Waals surface area contributed by atoms with E-state index in [-0.39, 0.29) is 12.5 Å². The van der Waals surface area contributed by atoms with Crippen LogP contribution in [0.15, 0.2) is 47.2 Å². The molecule has 2 N–H and O–H groups in total. The van der Waals surface area contributed by atoms with Crippen molar-refractivity contribution in [2.75, 3.05) is 33.9 Å². The first-order chi connectivity index (χ1) is 17.9. The molecule has 1 aliphatic rings. The highest BCUT2D eigenvalue weighted by Crippen LogP contribution is 2.50. The van der Waals surface area contributed by atoms with Crippen LogP contribution in [0, 0.1) is 5.41 Å². The van der Waals surface area contributed by atoms with E-state index in [0.29, 0.717) is 35.2 Å². The molecule has 0 bridgehead atoms. The topological polar surface area (TPSA) is 114 Å². The van der Waals surface area contributed by atoms with E-state index in [1.54, 1.807) is 12.4 Å². The van der Waals surface area contributed by atoms with Crippen molar-refractivity contribution in [2.24, 2.45) is 5.41 Å². The number of carbonyl (C=O) groups is 1. The third kappa shape index (κ3) is 5.50. The molecule has 38 heavy (non-hydrogen) atoms. The Labute approximate surface area is 224 Å². The number of amides is 1. The van der Waals surface area contributed by atoms with E-state index in [4.69, 9.17) is 9.26 Å². The summed E-state index contributed by atoms with van der Waals surface area (Å²) >= 11 is 0. The van der Waals surface area contributed by atoms with Crippen LogP contribution in [0.1, 0.15) is 63.1 Å². The summed E-state index contributed by atoms with van der Waals surface area (Å²) in [5.41, 5.74) is 1.10. The van der Waals surface area contributed by atoms with Crippen molar-refractivity contribution in [3.63, 3.8) is 0 Å². The molecule has 0 aliphatic carbocycles. The number of nitrogens with one attached hydrogen (secondary N) is 1. The van der Waals surface area contributed by atoms with Gasteiger partial charge < -0.3 is 24.6 Å². The lowest BCUT2D eigenvalue weighted by atomic mass is 9.62. The van der Waals surface area contributed by atoms with Crippen molar-refractivity contribution in [1.82, 2.24) is 25.3 Å². The predicted molar refractivity (Wildman–Crippen MR) is 144 cm³/mol. The van der Waals surface area contributed by atoms with Crippen LogP contribution >= 0.6 is 0 Å². The molecule has 204 valence electrons. The molecule has 0 saturated carbocycles. The highest BCUT2D eigenvalue weighted by Gasteiger charge is 2.55. The van der Waals surface area contributed by atoms with Crippen LogP contribution in [0.5, 0.6) is 0 Å². The fraction of sp³-hybridized carbons (Fsp3) is 0.517. The maximum Gasteiger partial charge on any atom is 0.246 e. The molecule has 1 amide bonds. The molecule has 1 atom stereocenters. The molecule has 2 aromatic heterocycles. The number of hydrogen-bond donors (Lipinski definition) is 2. The van der Waals surface area contributed by atoms with Crippen LogP contribution in [0.4, 0.5) is 0 Å². The summed E-state index contributed by atoms with van der Waals surface area (Å²) in [4.78, 5) is 23.2. The van der Waals surface area contributed by atoms with Gasteiger partial charge in [0.1, 0.15) is 12.2 Å². The Bertz CT molecular complexity index is 1260. The lowest BCUT2D eigenvalue weighted by Gasteiger charge is -2.55. The molecule has 1 fully saturated rings. The molecule has 9 heteroatoms. The van der Waals surface area contributed by atoms with Gasteiger partial charge in [0.05, 0.1) is 0 Å². The Kier molecular flexibility index (Phi) is 7.74. The quantitative estimate of drug-likeness (QED) is 0.417. The zero-order chi connectivity index (χ0) is 27.7. The molecule has 1 saturated heterocycles. The Morgan fingerprint density at radius 1 is 1.21 bits per heavy atom. The van der Waals surface area contributed by atoms with Gasteiger partial charge in [0.2, 0.25) is 17.6 Å². The highest BCUT2D eigenvalue weighted by molar-refractivity contribution is 5.77. The van der Waals surface area contributed by atoms with Gasteiger partial charge in [-0.15, -0.1) is 0 Å². The first-order valence-corrected chi connectivity index (χ1v) is 13.0. The largest absolute Gasteiger partial charge is 0.380 e. The number of nitrogens with zero attached hydrogens (tertiary/aromatic N) is 4. The number of ether oxygens (including phenoxy) is 1. The van der Waals surface area contributed by atoms with Crippen molar-refractivity contribution in [3.05, 3.63) is 65.3 Å². The maximum absolute atomic E-state index is 12.5. The summed E-state index contributed by atoms with van der Waals surface area (Å²) in [5, 5.41) is 19.5. The molecule has 3 aromatic rings. The van der Waals surface area contributed by atoms with Crippen molar-refractivity contribution < 1.29 is 19.2 Å². The van der Waals surface area contributed by atoms with E-state index in [0.717, 1.165) is 18.7 Å². The van der Waals surface area contributed by atoms with Crippen LogP contribution in [0.3, 0.4) is 0 Å². The Hall–Kier alpha value is -3.14. The molecule has 1 aliphatic heterocycles. The summed E-state index contributed by atoms with van der Waals surface area (Å²) in [6, 6.07) is 10.1. The van der Waals surface area contributed by atoms with Crippen molar-refractivity contribution >= 4 is 5.91 Å². The van der Waals surface area contributed by atoms with Gasteiger partial charge in [0.25, 0.3) is 0 Å². The van der Waals surface area contributed by atoms with E-state index in [1.165, 1.54) is 12.7 Å². The van der Waals surface area contributed by atoms with E-state index in [9.17, 15) is 9.90 Å². The average Bonchev–Trinajstić information content (AvgIpc) is 3.30.